The van der Waals surface area contributed by atoms with Gasteiger partial charge in [-0.15, -0.1) is 0 Å². The molecule has 0 spiro atoms. The van der Waals surface area contributed by atoms with Crippen LogP contribution in [0.5, 0.6) is 11.5 Å². The Morgan fingerprint density at radius 3 is 2.12 bits per heavy atom. The number of rotatable bonds is 9. The van der Waals surface area contributed by atoms with E-state index in [0.29, 0.717) is 11.4 Å². The van der Waals surface area contributed by atoms with E-state index >= 15 is 0 Å². The second-order valence-electron chi connectivity index (χ2n) is 7.64. The average Bonchev–Trinajstić information content (AvgIpc) is 2.81. The molecule has 0 bridgehead atoms. The number of carbonyl (C=O) groups is 1. The molecule has 1 atom stereocenters. The summed E-state index contributed by atoms with van der Waals surface area (Å²) >= 11 is 0. The molecule has 0 aliphatic heterocycles. The van der Waals surface area contributed by atoms with Crippen LogP contribution in [0.1, 0.15) is 16.7 Å². The van der Waals surface area contributed by atoms with E-state index in [9.17, 15) is 13.2 Å². The topological polar surface area (TPSA) is 93.7 Å². The van der Waals surface area contributed by atoms with Gasteiger partial charge in [-0.25, -0.2) is 8.42 Å². The van der Waals surface area contributed by atoms with Crippen molar-refractivity contribution in [1.82, 2.24) is 4.72 Å². The first-order chi connectivity index (χ1) is 15.7. The van der Waals surface area contributed by atoms with Crippen molar-refractivity contribution in [3.63, 3.8) is 0 Å². The van der Waals surface area contributed by atoms with Gasteiger partial charge in [-0.05, 0) is 49.1 Å². The number of hydrogen-bond acceptors (Lipinski definition) is 5. The number of sulfonamides is 1. The minimum atomic E-state index is -4.04. The Labute approximate surface area is 194 Å². The molecule has 0 heterocycles. The fourth-order valence-electron chi connectivity index (χ4n) is 3.50. The molecule has 0 saturated heterocycles. The third kappa shape index (κ3) is 5.91. The summed E-state index contributed by atoms with van der Waals surface area (Å²) < 4.78 is 39.4. The number of carbonyl (C=O) groups excluding carboxylic acids is 1. The monoisotopic (exact) mass is 468 g/mol. The van der Waals surface area contributed by atoms with Gasteiger partial charge in [0.1, 0.15) is 6.04 Å². The molecule has 3 rings (SSSR count). The van der Waals surface area contributed by atoms with Gasteiger partial charge in [0.25, 0.3) is 0 Å². The molecular weight excluding hydrogens is 440 g/mol. The van der Waals surface area contributed by atoms with Crippen molar-refractivity contribution >= 4 is 21.6 Å². The molecule has 1 amide bonds. The minimum absolute atomic E-state index is 0.0296. The maximum absolute atomic E-state index is 13.3. The molecule has 0 fully saturated rings. The molecule has 0 saturated carbocycles. The minimum Gasteiger partial charge on any atom is -0.493 e. The normalized spacial score (nSPS) is 12.1. The maximum Gasteiger partial charge on any atom is 0.242 e. The van der Waals surface area contributed by atoms with Crippen molar-refractivity contribution in [2.24, 2.45) is 0 Å². The third-order valence-electron chi connectivity index (χ3n) is 5.29. The smallest absolute Gasteiger partial charge is 0.242 e. The van der Waals surface area contributed by atoms with Gasteiger partial charge in [-0.2, -0.15) is 4.72 Å². The van der Waals surface area contributed by atoms with Gasteiger partial charge in [-0.3, -0.25) is 4.79 Å². The fraction of sp³-hybridized carbons (Fsp3) is 0.240. The number of benzene rings is 3. The molecule has 3 aromatic rings. The van der Waals surface area contributed by atoms with Gasteiger partial charge in [0.2, 0.25) is 15.9 Å². The van der Waals surface area contributed by atoms with Gasteiger partial charge in [-0.1, -0.05) is 48.5 Å². The third-order valence-corrected chi connectivity index (χ3v) is 6.76. The Bertz CT molecular complexity index is 1210. The largest absolute Gasteiger partial charge is 0.493 e. The van der Waals surface area contributed by atoms with Gasteiger partial charge >= 0.3 is 0 Å². The molecule has 0 aromatic heterocycles. The zero-order valence-electron chi connectivity index (χ0n) is 19.1. The van der Waals surface area contributed by atoms with Gasteiger partial charge < -0.3 is 14.8 Å². The Morgan fingerprint density at radius 1 is 0.879 bits per heavy atom. The van der Waals surface area contributed by atoms with Crippen LogP contribution in [0.4, 0.5) is 5.69 Å². The number of amides is 1. The Morgan fingerprint density at radius 2 is 1.52 bits per heavy atom. The van der Waals surface area contributed by atoms with Gasteiger partial charge in [0.15, 0.2) is 11.5 Å². The number of para-hydroxylation sites is 1. The Balaban J connectivity index is 1.93. The number of hydrogen-bond donors (Lipinski definition) is 2. The highest BCUT2D eigenvalue weighted by Gasteiger charge is 2.27. The molecule has 0 unspecified atom stereocenters. The van der Waals surface area contributed by atoms with Crippen molar-refractivity contribution in [2.45, 2.75) is 31.2 Å². The van der Waals surface area contributed by atoms with E-state index in [1.807, 2.05) is 62.4 Å². The summed E-state index contributed by atoms with van der Waals surface area (Å²) in [5.41, 5.74) is 3.29. The summed E-state index contributed by atoms with van der Waals surface area (Å²) in [5, 5.41) is 2.90. The van der Waals surface area contributed by atoms with E-state index in [0.717, 1.165) is 16.7 Å². The SMILES string of the molecule is COc1ccc(S(=O)(=O)N[C@@H](Cc2ccccc2)C(=O)Nc2c(C)cccc2C)cc1OC. The van der Waals surface area contributed by atoms with Crippen LogP contribution in [0.3, 0.4) is 0 Å². The van der Waals surface area contributed by atoms with E-state index in [1.165, 1.54) is 32.4 Å². The second kappa shape index (κ2) is 10.5. The molecule has 7 nitrogen and oxygen atoms in total. The number of ether oxygens (including phenoxy) is 2. The summed E-state index contributed by atoms with van der Waals surface area (Å²) in [7, 11) is -1.14. The van der Waals surface area contributed by atoms with E-state index in [4.69, 9.17) is 9.47 Å². The van der Waals surface area contributed by atoms with Crippen LogP contribution >= 0.6 is 0 Å². The quantitative estimate of drug-likeness (QED) is 0.498. The Kier molecular flexibility index (Phi) is 7.73. The predicted octanol–water partition coefficient (Wildman–Crippen LogP) is 3.85. The summed E-state index contributed by atoms with van der Waals surface area (Å²) in [6.07, 6.45) is 0.185. The van der Waals surface area contributed by atoms with Crippen LogP contribution in [0, 0.1) is 13.8 Å². The Hall–Kier alpha value is -3.36. The molecule has 0 aliphatic rings. The predicted molar refractivity (Wildman–Crippen MR) is 128 cm³/mol. The van der Waals surface area contributed by atoms with Crippen LogP contribution in [0.25, 0.3) is 0 Å². The molecule has 8 heteroatoms. The molecule has 0 aliphatic carbocycles. The first kappa shape index (κ1) is 24.3. The van der Waals surface area contributed by atoms with E-state index in [1.54, 1.807) is 0 Å². The number of nitrogens with one attached hydrogen (secondary N) is 2. The van der Waals surface area contributed by atoms with Gasteiger partial charge in [0, 0.05) is 11.8 Å². The number of aryl methyl sites for hydroxylation is 2. The molecular formula is C25H28N2O5S. The van der Waals surface area contributed by atoms with Crippen molar-refractivity contribution < 1.29 is 22.7 Å². The molecule has 33 heavy (non-hydrogen) atoms. The van der Waals surface area contributed by atoms with Crippen molar-refractivity contribution in [3.05, 3.63) is 83.4 Å². The molecule has 0 radical (unpaired) electrons. The summed E-state index contributed by atoms with van der Waals surface area (Å²) in [6.45, 7) is 3.78. The standard InChI is InChI=1S/C25H28N2O5S/c1-17-9-8-10-18(2)24(17)26-25(28)21(15-19-11-6-5-7-12-19)27-33(29,30)20-13-14-22(31-3)23(16-20)32-4/h5-14,16,21,27H,15H2,1-4H3,(H,26,28)/t21-/m0/s1. The summed E-state index contributed by atoms with van der Waals surface area (Å²) in [5.74, 6) is 0.241. The highest BCUT2D eigenvalue weighted by molar-refractivity contribution is 7.89. The molecule has 3 aromatic carbocycles. The lowest BCUT2D eigenvalue weighted by Crippen LogP contribution is -2.45. The van der Waals surface area contributed by atoms with Crippen LogP contribution in [0.15, 0.2) is 71.6 Å². The maximum atomic E-state index is 13.3. The first-order valence-corrected chi connectivity index (χ1v) is 11.9. The van der Waals surface area contributed by atoms with Crippen molar-refractivity contribution in [1.29, 1.82) is 0 Å². The van der Waals surface area contributed by atoms with E-state index in [-0.39, 0.29) is 17.1 Å². The van der Waals surface area contributed by atoms with Crippen LogP contribution in [0.2, 0.25) is 0 Å². The summed E-state index contributed by atoms with van der Waals surface area (Å²) in [6, 6.07) is 18.2. The summed E-state index contributed by atoms with van der Waals surface area (Å²) in [4.78, 5) is 13.2. The van der Waals surface area contributed by atoms with Crippen molar-refractivity contribution in [2.75, 3.05) is 19.5 Å². The number of methoxy groups -OCH3 is 2. The van der Waals surface area contributed by atoms with Crippen molar-refractivity contribution in [3.8, 4) is 11.5 Å². The lowest BCUT2D eigenvalue weighted by Gasteiger charge is -2.21. The number of anilines is 1. The molecule has 2 N–H and O–H groups in total. The van der Waals surface area contributed by atoms with E-state index < -0.39 is 22.0 Å². The fourth-order valence-corrected chi connectivity index (χ4v) is 4.71. The second-order valence-corrected chi connectivity index (χ2v) is 9.35. The molecule has 174 valence electrons. The highest BCUT2D eigenvalue weighted by atomic mass is 32.2. The average molecular weight is 469 g/mol. The highest BCUT2D eigenvalue weighted by Crippen LogP contribution is 2.29. The zero-order chi connectivity index (χ0) is 24.0. The zero-order valence-corrected chi connectivity index (χ0v) is 19.9. The van der Waals surface area contributed by atoms with Crippen LogP contribution < -0.4 is 19.5 Å². The van der Waals surface area contributed by atoms with Crippen LogP contribution in [-0.2, 0) is 21.2 Å². The van der Waals surface area contributed by atoms with E-state index in [2.05, 4.69) is 10.0 Å². The lowest BCUT2D eigenvalue weighted by atomic mass is 10.0. The lowest BCUT2D eigenvalue weighted by molar-refractivity contribution is -0.117. The van der Waals surface area contributed by atoms with Gasteiger partial charge in [0.05, 0.1) is 19.1 Å². The first-order valence-electron chi connectivity index (χ1n) is 10.4. The van der Waals surface area contributed by atoms with Crippen LogP contribution in [-0.4, -0.2) is 34.6 Å².